The Morgan fingerprint density at radius 1 is 1.03 bits per heavy atom. The first-order valence-electron chi connectivity index (χ1n) is 9.53. The molecule has 0 fully saturated rings. The fraction of sp³-hybridized carbons (Fsp3) is 0.130. The molecule has 0 aliphatic heterocycles. The molecule has 31 heavy (non-hydrogen) atoms. The van der Waals surface area contributed by atoms with Gasteiger partial charge < -0.3 is 0 Å². The zero-order valence-corrected chi connectivity index (χ0v) is 19.1. The van der Waals surface area contributed by atoms with E-state index < -0.39 is 0 Å². The zero-order chi connectivity index (χ0) is 22.0. The SMILES string of the molecule is Cc1ccc(C(=O)C(C)Sc2nnc(-c3cccnc3)n2-c2ccc(Cl)c(Cl)c2)cc1. The number of hydrogen-bond donors (Lipinski definition) is 0. The highest BCUT2D eigenvalue weighted by Crippen LogP contribution is 2.33. The molecule has 2 heterocycles. The van der Waals surface area contributed by atoms with Crippen molar-refractivity contribution in [2.24, 2.45) is 0 Å². The van der Waals surface area contributed by atoms with Crippen LogP contribution in [0.5, 0.6) is 0 Å². The van der Waals surface area contributed by atoms with E-state index in [0.717, 1.165) is 16.8 Å². The van der Waals surface area contributed by atoms with Crippen LogP contribution in [-0.2, 0) is 0 Å². The van der Waals surface area contributed by atoms with E-state index >= 15 is 0 Å². The highest BCUT2D eigenvalue weighted by atomic mass is 35.5. The van der Waals surface area contributed by atoms with Gasteiger partial charge >= 0.3 is 0 Å². The summed E-state index contributed by atoms with van der Waals surface area (Å²) in [6.45, 7) is 3.86. The molecule has 1 atom stereocenters. The van der Waals surface area contributed by atoms with Crippen molar-refractivity contribution in [1.29, 1.82) is 0 Å². The molecule has 8 heteroatoms. The quantitative estimate of drug-likeness (QED) is 0.245. The van der Waals surface area contributed by atoms with Gasteiger partial charge in [0.2, 0.25) is 0 Å². The number of ketones is 1. The predicted octanol–water partition coefficient (Wildman–Crippen LogP) is 6.31. The number of nitrogens with zero attached hydrogens (tertiary/aromatic N) is 4. The average molecular weight is 469 g/mol. The van der Waals surface area contributed by atoms with Crippen LogP contribution in [-0.4, -0.2) is 30.8 Å². The largest absolute Gasteiger partial charge is 0.293 e. The third-order valence-electron chi connectivity index (χ3n) is 4.70. The van der Waals surface area contributed by atoms with Crippen LogP contribution >= 0.6 is 35.0 Å². The van der Waals surface area contributed by atoms with Gasteiger partial charge in [-0.05, 0) is 44.2 Å². The molecule has 0 radical (unpaired) electrons. The van der Waals surface area contributed by atoms with Gasteiger partial charge in [0.25, 0.3) is 0 Å². The Bertz CT molecular complexity index is 1230. The Labute approximate surface area is 194 Å². The normalized spacial score (nSPS) is 12.0. The second-order valence-electron chi connectivity index (χ2n) is 6.97. The first-order chi connectivity index (χ1) is 14.9. The van der Waals surface area contributed by atoms with E-state index in [4.69, 9.17) is 23.2 Å². The van der Waals surface area contributed by atoms with Gasteiger partial charge in [-0.1, -0.05) is 64.8 Å². The average Bonchev–Trinajstić information content (AvgIpc) is 3.19. The number of rotatable bonds is 6. The summed E-state index contributed by atoms with van der Waals surface area (Å²) in [4.78, 5) is 17.1. The summed E-state index contributed by atoms with van der Waals surface area (Å²) in [6, 6.07) is 16.6. The number of carbonyl (C=O) groups is 1. The third kappa shape index (κ3) is 4.66. The van der Waals surface area contributed by atoms with E-state index in [1.807, 2.05) is 60.9 Å². The van der Waals surface area contributed by atoms with E-state index in [2.05, 4.69) is 15.2 Å². The smallest absolute Gasteiger partial charge is 0.196 e. The van der Waals surface area contributed by atoms with E-state index in [0.29, 0.717) is 26.6 Å². The lowest BCUT2D eigenvalue weighted by atomic mass is 10.1. The summed E-state index contributed by atoms with van der Waals surface area (Å²) in [7, 11) is 0. The standard InChI is InChI=1S/C23H18Cl2N4OS/c1-14-5-7-16(8-6-14)21(30)15(2)31-23-28-27-22(17-4-3-11-26-13-17)29(23)18-9-10-19(24)20(25)12-18/h3-13,15H,1-2H3. The van der Waals surface area contributed by atoms with Crippen LogP contribution in [0.2, 0.25) is 10.0 Å². The molecular formula is C23H18Cl2N4OS. The maximum atomic E-state index is 13.0. The van der Waals surface area contributed by atoms with Gasteiger partial charge in [-0.3, -0.25) is 14.3 Å². The van der Waals surface area contributed by atoms with Crippen LogP contribution < -0.4 is 0 Å². The van der Waals surface area contributed by atoms with Crippen LogP contribution in [0.25, 0.3) is 17.1 Å². The Morgan fingerprint density at radius 3 is 2.48 bits per heavy atom. The Hall–Kier alpha value is -2.67. The van der Waals surface area contributed by atoms with Crippen molar-refractivity contribution in [1.82, 2.24) is 19.7 Å². The molecule has 0 saturated carbocycles. The summed E-state index contributed by atoms with van der Waals surface area (Å²) in [5.41, 5.74) is 3.32. The number of aromatic nitrogens is 4. The molecule has 4 aromatic rings. The van der Waals surface area contributed by atoms with E-state index in [-0.39, 0.29) is 11.0 Å². The lowest BCUT2D eigenvalue weighted by molar-refractivity contribution is 0.0994. The number of aryl methyl sites for hydroxylation is 1. The van der Waals surface area contributed by atoms with Crippen LogP contribution in [0.3, 0.4) is 0 Å². The zero-order valence-electron chi connectivity index (χ0n) is 16.8. The first kappa shape index (κ1) is 21.6. The molecule has 0 spiro atoms. The Balaban J connectivity index is 1.73. The summed E-state index contributed by atoms with van der Waals surface area (Å²) < 4.78 is 1.86. The molecule has 0 aliphatic carbocycles. The minimum Gasteiger partial charge on any atom is -0.293 e. The van der Waals surface area contributed by atoms with Crippen molar-refractivity contribution in [2.75, 3.05) is 0 Å². The minimum absolute atomic E-state index is 0.0246. The summed E-state index contributed by atoms with van der Waals surface area (Å²) in [6.07, 6.45) is 3.41. The van der Waals surface area contributed by atoms with Crippen molar-refractivity contribution in [3.8, 4) is 17.1 Å². The molecule has 0 bridgehead atoms. The molecule has 4 rings (SSSR count). The van der Waals surface area contributed by atoms with Crippen LogP contribution in [0.4, 0.5) is 0 Å². The second kappa shape index (κ2) is 9.22. The summed E-state index contributed by atoms with van der Waals surface area (Å²) in [5.74, 6) is 0.626. The van der Waals surface area contributed by atoms with Gasteiger partial charge in [-0.2, -0.15) is 0 Å². The van der Waals surface area contributed by atoms with Gasteiger partial charge in [-0.25, -0.2) is 0 Å². The third-order valence-corrected chi connectivity index (χ3v) is 6.48. The van der Waals surface area contributed by atoms with Gasteiger partial charge in [0.1, 0.15) is 0 Å². The van der Waals surface area contributed by atoms with Crippen molar-refractivity contribution in [3.05, 3.63) is 88.2 Å². The van der Waals surface area contributed by atoms with Crippen molar-refractivity contribution >= 4 is 40.7 Å². The van der Waals surface area contributed by atoms with E-state index in [9.17, 15) is 4.79 Å². The topological polar surface area (TPSA) is 60.7 Å². The molecule has 5 nitrogen and oxygen atoms in total. The summed E-state index contributed by atoms with van der Waals surface area (Å²) >= 11 is 13.7. The van der Waals surface area contributed by atoms with Crippen molar-refractivity contribution < 1.29 is 4.79 Å². The van der Waals surface area contributed by atoms with Gasteiger partial charge in [0.05, 0.1) is 21.0 Å². The van der Waals surface area contributed by atoms with Crippen molar-refractivity contribution in [2.45, 2.75) is 24.3 Å². The highest BCUT2D eigenvalue weighted by molar-refractivity contribution is 8.00. The van der Waals surface area contributed by atoms with Gasteiger partial charge in [0.15, 0.2) is 16.8 Å². The van der Waals surface area contributed by atoms with Crippen LogP contribution in [0, 0.1) is 6.92 Å². The lowest BCUT2D eigenvalue weighted by Crippen LogP contribution is -2.14. The van der Waals surface area contributed by atoms with Crippen LogP contribution in [0.1, 0.15) is 22.8 Å². The fourth-order valence-corrected chi connectivity index (χ4v) is 4.29. The fourth-order valence-electron chi connectivity index (χ4n) is 3.05. The number of benzene rings is 2. The number of carbonyl (C=O) groups excluding carboxylic acids is 1. The predicted molar refractivity (Wildman–Crippen MR) is 125 cm³/mol. The first-order valence-corrected chi connectivity index (χ1v) is 11.2. The molecule has 0 amide bonds. The number of halogens is 2. The molecule has 0 N–H and O–H groups in total. The molecule has 2 aromatic heterocycles. The van der Waals surface area contributed by atoms with Gasteiger partial charge in [0, 0.05) is 23.5 Å². The summed E-state index contributed by atoms with van der Waals surface area (Å²) in [5, 5.41) is 9.83. The minimum atomic E-state index is -0.366. The molecular weight excluding hydrogens is 451 g/mol. The number of thioether (sulfide) groups is 1. The monoisotopic (exact) mass is 468 g/mol. The van der Waals surface area contributed by atoms with Crippen molar-refractivity contribution in [3.63, 3.8) is 0 Å². The number of Topliss-reactive ketones (excluding diaryl/α,β-unsaturated/α-hetero) is 1. The Kier molecular flexibility index (Phi) is 6.41. The molecule has 0 saturated heterocycles. The molecule has 1 unspecified atom stereocenters. The maximum Gasteiger partial charge on any atom is 0.196 e. The molecule has 156 valence electrons. The number of pyridine rings is 1. The van der Waals surface area contributed by atoms with Crippen LogP contribution in [0.15, 0.2) is 72.1 Å². The lowest BCUT2D eigenvalue weighted by Gasteiger charge is -2.14. The van der Waals surface area contributed by atoms with Gasteiger partial charge in [-0.15, -0.1) is 10.2 Å². The van der Waals surface area contributed by atoms with E-state index in [1.165, 1.54) is 11.8 Å². The van der Waals surface area contributed by atoms with E-state index in [1.54, 1.807) is 24.5 Å². The second-order valence-corrected chi connectivity index (χ2v) is 9.09. The number of hydrogen-bond acceptors (Lipinski definition) is 5. The highest BCUT2D eigenvalue weighted by Gasteiger charge is 2.23. The molecule has 2 aromatic carbocycles. The molecule has 0 aliphatic rings. The maximum absolute atomic E-state index is 13.0. The Morgan fingerprint density at radius 2 is 1.81 bits per heavy atom.